The second-order valence-corrected chi connectivity index (χ2v) is 5.29. The minimum absolute atomic E-state index is 0. The molecule has 0 aliphatic heterocycles. The van der Waals surface area contributed by atoms with Crippen molar-refractivity contribution in [2.45, 2.75) is 20.0 Å². The first-order valence-corrected chi connectivity index (χ1v) is 7.13. The Balaban J connectivity index is 0.00000176. The van der Waals surface area contributed by atoms with Crippen LogP contribution in [0.2, 0.25) is 0 Å². The smallest absolute Gasteiger partial charge is 0.356 e. The molecule has 116 valence electrons. The molecule has 22 heavy (non-hydrogen) atoms. The minimum Gasteiger partial charge on any atom is -1.00 e. The zero-order valence-electron chi connectivity index (χ0n) is 12.5. The molecule has 1 aromatic heterocycles. The molecule has 0 unspecified atom stereocenters. The number of halogens is 1. The third kappa shape index (κ3) is 2.93. The number of nitrogens with zero attached hydrogens (tertiary/aromatic N) is 2. The van der Waals surface area contributed by atoms with Crippen molar-refractivity contribution in [3.05, 3.63) is 59.7 Å². The number of aromatic nitrogens is 2. The van der Waals surface area contributed by atoms with Gasteiger partial charge in [-0.15, -0.1) is 0 Å². The fourth-order valence-electron chi connectivity index (χ4n) is 2.69. The molecule has 0 bridgehead atoms. The highest BCUT2D eigenvalue weighted by Gasteiger charge is 2.20. The van der Waals surface area contributed by atoms with Crippen molar-refractivity contribution in [3.63, 3.8) is 0 Å². The average molecular weight is 318 g/mol. The SMILES string of the molecule is Cc1ccc(C[n+]2c(N)n(CCO)c3ccccc32)cc1.[Cl-]. The van der Waals surface area contributed by atoms with Gasteiger partial charge in [0.05, 0.1) is 19.7 Å². The molecule has 4 nitrogen and oxygen atoms in total. The number of nitrogen functional groups attached to an aromatic ring is 1. The van der Waals surface area contributed by atoms with Crippen molar-refractivity contribution in [2.24, 2.45) is 0 Å². The van der Waals surface area contributed by atoms with Crippen LogP contribution < -0.4 is 22.7 Å². The van der Waals surface area contributed by atoms with Crippen LogP contribution in [-0.4, -0.2) is 16.3 Å². The van der Waals surface area contributed by atoms with Gasteiger partial charge in [-0.1, -0.05) is 42.0 Å². The molecule has 5 heteroatoms. The van der Waals surface area contributed by atoms with Crippen molar-refractivity contribution in [1.82, 2.24) is 4.57 Å². The quantitative estimate of drug-likeness (QED) is 0.598. The van der Waals surface area contributed by atoms with E-state index in [4.69, 9.17) is 5.73 Å². The van der Waals surface area contributed by atoms with E-state index in [1.54, 1.807) is 0 Å². The maximum Gasteiger partial charge on any atom is 0.356 e. The Morgan fingerprint density at radius 2 is 1.77 bits per heavy atom. The molecule has 0 spiro atoms. The number of nitrogens with two attached hydrogens (primary N) is 1. The van der Waals surface area contributed by atoms with Crippen LogP contribution in [0.25, 0.3) is 11.0 Å². The number of rotatable bonds is 4. The Morgan fingerprint density at radius 3 is 2.45 bits per heavy atom. The standard InChI is InChI=1S/C17H19N3O.ClH/c1-13-6-8-14(9-7-13)12-20-16-5-3-2-4-15(16)19(10-11-21)17(20)18;/h2-9,18,21H,10-12H2,1H3;1H. The highest BCUT2D eigenvalue weighted by atomic mass is 35.5. The maximum atomic E-state index is 9.25. The maximum absolute atomic E-state index is 9.25. The third-order valence-corrected chi connectivity index (χ3v) is 3.80. The number of benzene rings is 2. The highest BCUT2D eigenvalue weighted by Crippen LogP contribution is 2.16. The second kappa shape index (κ2) is 6.81. The van der Waals surface area contributed by atoms with E-state index in [9.17, 15) is 5.11 Å². The Labute approximate surface area is 136 Å². The predicted molar refractivity (Wildman–Crippen MR) is 83.9 cm³/mol. The molecular formula is C17H20ClN3O. The Bertz CT molecular complexity index is 765. The topological polar surface area (TPSA) is 55.1 Å². The Hall–Kier alpha value is -2.04. The summed E-state index contributed by atoms with van der Waals surface area (Å²) in [4.78, 5) is 0. The Kier molecular flexibility index (Phi) is 5.06. The molecular weight excluding hydrogens is 298 g/mol. The summed E-state index contributed by atoms with van der Waals surface area (Å²) in [6.07, 6.45) is 0. The van der Waals surface area contributed by atoms with Crippen LogP contribution in [0.5, 0.6) is 0 Å². The van der Waals surface area contributed by atoms with Gasteiger partial charge in [-0.3, -0.25) is 5.73 Å². The number of aryl methyl sites for hydroxylation is 1. The van der Waals surface area contributed by atoms with Gasteiger partial charge in [-0.25, -0.2) is 9.13 Å². The van der Waals surface area contributed by atoms with Crippen molar-refractivity contribution in [1.29, 1.82) is 0 Å². The molecule has 2 aromatic carbocycles. The van der Waals surface area contributed by atoms with E-state index in [0.717, 1.165) is 17.6 Å². The van der Waals surface area contributed by atoms with Gasteiger partial charge in [0.25, 0.3) is 0 Å². The van der Waals surface area contributed by atoms with E-state index in [2.05, 4.69) is 41.8 Å². The number of hydrogen-bond acceptors (Lipinski definition) is 2. The minimum atomic E-state index is 0. The van der Waals surface area contributed by atoms with Crippen LogP contribution in [0.15, 0.2) is 48.5 Å². The molecule has 0 aliphatic rings. The van der Waals surface area contributed by atoms with Crippen LogP contribution >= 0.6 is 0 Å². The zero-order chi connectivity index (χ0) is 14.8. The van der Waals surface area contributed by atoms with E-state index >= 15 is 0 Å². The average Bonchev–Trinajstić information content (AvgIpc) is 2.76. The van der Waals surface area contributed by atoms with E-state index in [1.807, 2.05) is 22.8 Å². The van der Waals surface area contributed by atoms with Crippen molar-refractivity contribution in [2.75, 3.05) is 12.3 Å². The van der Waals surface area contributed by atoms with E-state index < -0.39 is 0 Å². The number of aliphatic hydroxyl groups is 1. The number of para-hydroxylation sites is 2. The third-order valence-electron chi connectivity index (χ3n) is 3.80. The van der Waals surface area contributed by atoms with Crippen molar-refractivity contribution >= 4 is 17.0 Å². The number of anilines is 1. The molecule has 3 rings (SSSR count). The summed E-state index contributed by atoms with van der Waals surface area (Å²) in [5.41, 5.74) is 10.9. The molecule has 1 heterocycles. The predicted octanol–water partition coefficient (Wildman–Crippen LogP) is -1.14. The molecule has 0 amide bonds. The van der Waals surface area contributed by atoms with Gasteiger partial charge in [0.15, 0.2) is 0 Å². The van der Waals surface area contributed by atoms with E-state index in [0.29, 0.717) is 12.5 Å². The van der Waals surface area contributed by atoms with Gasteiger partial charge < -0.3 is 17.5 Å². The van der Waals surface area contributed by atoms with Crippen LogP contribution in [0, 0.1) is 6.92 Å². The van der Waals surface area contributed by atoms with Crippen LogP contribution in [0.1, 0.15) is 11.1 Å². The zero-order valence-corrected chi connectivity index (χ0v) is 13.3. The number of hydrogen-bond donors (Lipinski definition) is 2. The lowest BCUT2D eigenvalue weighted by Gasteiger charge is -2.03. The first-order valence-electron chi connectivity index (χ1n) is 7.13. The first kappa shape index (κ1) is 16.3. The van der Waals surface area contributed by atoms with Crippen LogP contribution in [-0.2, 0) is 13.1 Å². The molecule has 0 atom stereocenters. The summed E-state index contributed by atoms with van der Waals surface area (Å²) >= 11 is 0. The lowest BCUT2D eigenvalue weighted by molar-refractivity contribution is -0.648. The fourth-order valence-corrected chi connectivity index (χ4v) is 2.69. The highest BCUT2D eigenvalue weighted by molar-refractivity contribution is 5.73. The summed E-state index contributed by atoms with van der Waals surface area (Å²) < 4.78 is 4.05. The molecule has 3 aromatic rings. The van der Waals surface area contributed by atoms with E-state index in [1.165, 1.54) is 11.1 Å². The second-order valence-electron chi connectivity index (χ2n) is 5.29. The summed E-state index contributed by atoms with van der Waals surface area (Å²) in [6, 6.07) is 16.6. The summed E-state index contributed by atoms with van der Waals surface area (Å²) in [5, 5.41) is 9.25. The lowest BCUT2D eigenvalue weighted by atomic mass is 10.1. The molecule has 0 aliphatic carbocycles. The normalized spacial score (nSPS) is 10.6. The van der Waals surface area contributed by atoms with Gasteiger partial charge >= 0.3 is 5.95 Å². The lowest BCUT2D eigenvalue weighted by Crippen LogP contribution is -3.00. The number of aliphatic hydroxyl groups excluding tert-OH is 1. The van der Waals surface area contributed by atoms with Gasteiger partial charge in [-0.2, -0.15) is 0 Å². The van der Waals surface area contributed by atoms with Crippen LogP contribution in [0.4, 0.5) is 5.95 Å². The molecule has 3 N–H and O–H groups in total. The molecule has 0 saturated carbocycles. The summed E-state index contributed by atoms with van der Waals surface area (Å²) in [5.74, 6) is 0.672. The van der Waals surface area contributed by atoms with Gasteiger partial charge in [0.1, 0.15) is 11.0 Å². The monoisotopic (exact) mass is 317 g/mol. The van der Waals surface area contributed by atoms with Crippen molar-refractivity contribution < 1.29 is 22.1 Å². The first-order chi connectivity index (χ1) is 10.2. The fraction of sp³-hybridized carbons (Fsp3) is 0.235. The Morgan fingerprint density at radius 1 is 1.09 bits per heavy atom. The largest absolute Gasteiger partial charge is 1.00 e. The van der Waals surface area contributed by atoms with Crippen molar-refractivity contribution in [3.8, 4) is 0 Å². The van der Waals surface area contributed by atoms with Gasteiger partial charge in [0, 0.05) is 0 Å². The summed E-state index contributed by atoms with van der Waals surface area (Å²) in [7, 11) is 0. The molecule has 0 fully saturated rings. The van der Waals surface area contributed by atoms with Gasteiger partial charge in [0.2, 0.25) is 0 Å². The molecule has 0 saturated heterocycles. The van der Waals surface area contributed by atoms with E-state index in [-0.39, 0.29) is 19.0 Å². The number of fused-ring (bicyclic) bond motifs is 1. The summed E-state index contributed by atoms with van der Waals surface area (Å²) in [6.45, 7) is 3.39. The number of imidazole rings is 1. The molecule has 0 radical (unpaired) electrons. The van der Waals surface area contributed by atoms with Crippen LogP contribution in [0.3, 0.4) is 0 Å². The van der Waals surface area contributed by atoms with Gasteiger partial charge in [-0.05, 0) is 24.6 Å².